The lowest BCUT2D eigenvalue weighted by Gasteiger charge is -2.26. The van der Waals surface area contributed by atoms with Crippen molar-refractivity contribution >= 4 is 10.0 Å². The number of ether oxygens (including phenoxy) is 1. The quantitative estimate of drug-likeness (QED) is 0.824. The minimum Gasteiger partial charge on any atom is -0.497 e. The Morgan fingerprint density at radius 3 is 2.28 bits per heavy atom. The van der Waals surface area contributed by atoms with E-state index in [-0.39, 0.29) is 6.04 Å². The second kappa shape index (κ2) is 6.81. The van der Waals surface area contributed by atoms with Crippen LogP contribution in [-0.2, 0) is 10.0 Å². The molecule has 1 atom stereocenters. The van der Waals surface area contributed by atoms with Crippen LogP contribution in [0.1, 0.15) is 41.1 Å². The van der Waals surface area contributed by atoms with Crippen molar-refractivity contribution in [3.05, 3.63) is 58.7 Å². The fourth-order valence-electron chi connectivity index (χ4n) is 3.53. The Labute approximate surface area is 150 Å². The summed E-state index contributed by atoms with van der Waals surface area (Å²) in [6.45, 7) is 6.40. The summed E-state index contributed by atoms with van der Waals surface area (Å²) >= 11 is 0. The monoisotopic (exact) mass is 359 g/mol. The number of hydrogen-bond acceptors (Lipinski definition) is 3. The Bertz CT molecular complexity index is 873. The van der Waals surface area contributed by atoms with Crippen LogP contribution in [0.2, 0.25) is 0 Å². The van der Waals surface area contributed by atoms with Crippen molar-refractivity contribution in [2.24, 2.45) is 0 Å². The minimum absolute atomic E-state index is 0.114. The number of methoxy groups -OCH3 is 1. The Hall–Kier alpha value is -1.85. The minimum atomic E-state index is -3.52. The van der Waals surface area contributed by atoms with Crippen molar-refractivity contribution in [1.82, 2.24) is 4.31 Å². The molecule has 0 aliphatic carbocycles. The molecule has 2 aromatic carbocycles. The zero-order valence-electron chi connectivity index (χ0n) is 15.2. The van der Waals surface area contributed by atoms with Crippen molar-refractivity contribution in [2.45, 2.75) is 44.6 Å². The lowest BCUT2D eigenvalue weighted by Crippen LogP contribution is -2.31. The summed E-state index contributed by atoms with van der Waals surface area (Å²) in [5.74, 6) is 0.779. The van der Waals surface area contributed by atoms with E-state index < -0.39 is 10.0 Å². The van der Waals surface area contributed by atoms with E-state index in [1.807, 2.05) is 57.2 Å². The van der Waals surface area contributed by atoms with E-state index in [0.29, 0.717) is 11.4 Å². The van der Waals surface area contributed by atoms with Gasteiger partial charge in [-0.3, -0.25) is 0 Å². The highest BCUT2D eigenvalue weighted by atomic mass is 32.2. The highest BCUT2D eigenvalue weighted by molar-refractivity contribution is 7.89. The van der Waals surface area contributed by atoms with E-state index in [4.69, 9.17) is 4.74 Å². The van der Waals surface area contributed by atoms with Crippen molar-refractivity contribution < 1.29 is 13.2 Å². The van der Waals surface area contributed by atoms with Gasteiger partial charge in [0, 0.05) is 6.54 Å². The van der Waals surface area contributed by atoms with E-state index in [1.54, 1.807) is 11.4 Å². The zero-order chi connectivity index (χ0) is 18.2. The molecule has 1 saturated heterocycles. The second-order valence-electron chi connectivity index (χ2n) is 6.75. The number of benzene rings is 2. The number of aryl methyl sites for hydroxylation is 3. The van der Waals surface area contributed by atoms with Crippen LogP contribution in [0.5, 0.6) is 5.75 Å². The van der Waals surface area contributed by atoms with Gasteiger partial charge < -0.3 is 4.74 Å². The lowest BCUT2D eigenvalue weighted by atomic mass is 10.1. The maximum atomic E-state index is 13.3. The van der Waals surface area contributed by atoms with Gasteiger partial charge >= 0.3 is 0 Å². The summed E-state index contributed by atoms with van der Waals surface area (Å²) in [4.78, 5) is 0.427. The molecule has 1 aliphatic heterocycles. The fraction of sp³-hybridized carbons (Fsp3) is 0.400. The zero-order valence-corrected chi connectivity index (χ0v) is 16.1. The molecule has 25 heavy (non-hydrogen) atoms. The van der Waals surface area contributed by atoms with Gasteiger partial charge in [0.2, 0.25) is 10.0 Å². The van der Waals surface area contributed by atoms with E-state index in [1.165, 1.54) is 0 Å². The molecule has 1 heterocycles. The summed E-state index contributed by atoms with van der Waals surface area (Å²) in [7, 11) is -1.89. The molecule has 4 nitrogen and oxygen atoms in total. The van der Waals surface area contributed by atoms with Gasteiger partial charge in [-0.2, -0.15) is 4.31 Å². The van der Waals surface area contributed by atoms with Gasteiger partial charge in [-0.05, 0) is 74.1 Å². The molecule has 0 bridgehead atoms. The molecule has 134 valence electrons. The van der Waals surface area contributed by atoms with Crippen LogP contribution in [0.25, 0.3) is 0 Å². The van der Waals surface area contributed by atoms with Crippen LogP contribution >= 0.6 is 0 Å². The van der Waals surface area contributed by atoms with Gasteiger partial charge in [-0.1, -0.05) is 18.2 Å². The molecular weight excluding hydrogens is 334 g/mol. The Kier molecular flexibility index (Phi) is 4.89. The van der Waals surface area contributed by atoms with Gasteiger partial charge in [-0.15, -0.1) is 0 Å². The van der Waals surface area contributed by atoms with Crippen LogP contribution in [-0.4, -0.2) is 26.4 Å². The predicted octanol–water partition coefficient (Wildman–Crippen LogP) is 4.15. The van der Waals surface area contributed by atoms with Gasteiger partial charge in [0.05, 0.1) is 18.0 Å². The number of nitrogens with zero attached hydrogens (tertiary/aromatic N) is 1. The van der Waals surface area contributed by atoms with Crippen LogP contribution in [0, 0.1) is 20.8 Å². The molecule has 0 saturated carbocycles. The maximum Gasteiger partial charge on any atom is 0.243 e. The average Bonchev–Trinajstić information content (AvgIpc) is 3.08. The highest BCUT2D eigenvalue weighted by Crippen LogP contribution is 2.38. The first-order valence-electron chi connectivity index (χ1n) is 8.58. The van der Waals surface area contributed by atoms with Crippen molar-refractivity contribution in [2.75, 3.05) is 13.7 Å². The molecule has 1 fully saturated rings. The lowest BCUT2D eigenvalue weighted by molar-refractivity contribution is 0.394. The molecule has 0 radical (unpaired) electrons. The summed E-state index contributed by atoms with van der Waals surface area (Å²) < 4.78 is 33.5. The Morgan fingerprint density at radius 2 is 1.64 bits per heavy atom. The molecule has 0 amide bonds. The van der Waals surface area contributed by atoms with Gasteiger partial charge in [-0.25, -0.2) is 8.42 Å². The van der Waals surface area contributed by atoms with E-state index in [0.717, 1.165) is 40.8 Å². The first-order valence-corrected chi connectivity index (χ1v) is 10.0. The Balaban J connectivity index is 1.99. The fourth-order valence-corrected chi connectivity index (χ4v) is 5.50. The third kappa shape index (κ3) is 3.31. The molecule has 1 aliphatic rings. The van der Waals surface area contributed by atoms with Crippen LogP contribution in [0.4, 0.5) is 0 Å². The van der Waals surface area contributed by atoms with E-state index in [9.17, 15) is 8.42 Å². The molecule has 1 unspecified atom stereocenters. The van der Waals surface area contributed by atoms with E-state index in [2.05, 4.69) is 0 Å². The average molecular weight is 359 g/mol. The van der Waals surface area contributed by atoms with Gasteiger partial charge in [0.15, 0.2) is 0 Å². The third-order valence-electron chi connectivity index (χ3n) is 5.08. The number of hydrogen-bond donors (Lipinski definition) is 0. The molecule has 0 spiro atoms. The van der Waals surface area contributed by atoms with Gasteiger partial charge in [0.1, 0.15) is 5.75 Å². The molecule has 2 aromatic rings. The van der Waals surface area contributed by atoms with E-state index >= 15 is 0 Å². The second-order valence-corrected chi connectivity index (χ2v) is 8.61. The third-order valence-corrected chi connectivity index (χ3v) is 7.13. The molecule has 0 N–H and O–H groups in total. The Morgan fingerprint density at radius 1 is 1.00 bits per heavy atom. The van der Waals surface area contributed by atoms with Crippen molar-refractivity contribution in [3.63, 3.8) is 0 Å². The van der Waals surface area contributed by atoms with Gasteiger partial charge in [0.25, 0.3) is 0 Å². The largest absolute Gasteiger partial charge is 0.497 e. The summed E-state index contributed by atoms with van der Waals surface area (Å²) in [5, 5.41) is 0. The summed E-state index contributed by atoms with van der Waals surface area (Å²) in [6.07, 6.45) is 1.72. The van der Waals surface area contributed by atoms with Crippen LogP contribution < -0.4 is 4.74 Å². The summed E-state index contributed by atoms with van der Waals surface area (Å²) in [5.41, 5.74) is 3.95. The normalized spacial score (nSPS) is 18.5. The topological polar surface area (TPSA) is 46.6 Å². The van der Waals surface area contributed by atoms with Crippen molar-refractivity contribution in [3.8, 4) is 5.75 Å². The van der Waals surface area contributed by atoms with Crippen molar-refractivity contribution in [1.29, 1.82) is 0 Å². The van der Waals surface area contributed by atoms with Crippen LogP contribution in [0.15, 0.2) is 41.3 Å². The number of sulfonamides is 1. The molecule has 0 aromatic heterocycles. The molecule has 5 heteroatoms. The predicted molar refractivity (Wildman–Crippen MR) is 99.5 cm³/mol. The first kappa shape index (κ1) is 18.0. The first-order chi connectivity index (χ1) is 11.8. The maximum absolute atomic E-state index is 13.3. The SMILES string of the molecule is COc1ccc(C2CCCN2S(=O)(=O)c2cc(C)c(C)cc2C)cc1. The summed E-state index contributed by atoms with van der Waals surface area (Å²) in [6, 6.07) is 11.4. The highest BCUT2D eigenvalue weighted by Gasteiger charge is 2.37. The van der Waals surface area contributed by atoms with Crippen LogP contribution in [0.3, 0.4) is 0 Å². The number of rotatable bonds is 4. The molecule has 3 rings (SSSR count). The standard InChI is InChI=1S/C20H25NO3S/c1-14-12-16(3)20(13-15(14)2)25(22,23)21-11-5-6-19(21)17-7-9-18(24-4)10-8-17/h7-10,12-13,19H,5-6,11H2,1-4H3. The molecular formula is C20H25NO3S. The smallest absolute Gasteiger partial charge is 0.243 e.